The molecule has 3 heteroatoms. The van der Waals surface area contributed by atoms with Crippen LogP contribution in [0.4, 0.5) is 5.69 Å². The molecule has 3 rings (SSSR count). The van der Waals surface area contributed by atoms with Gasteiger partial charge in [-0.15, -0.1) is 0 Å². The zero-order chi connectivity index (χ0) is 13.2. The Morgan fingerprint density at radius 2 is 2.11 bits per heavy atom. The Labute approximate surface area is 113 Å². The van der Waals surface area contributed by atoms with Gasteiger partial charge in [0, 0.05) is 18.2 Å². The first-order valence-electron chi connectivity index (χ1n) is 7.09. The first-order valence-corrected chi connectivity index (χ1v) is 7.09. The summed E-state index contributed by atoms with van der Waals surface area (Å²) in [6, 6.07) is 8.32. The smallest absolute Gasteiger partial charge is 0.150 e. The highest BCUT2D eigenvalue weighted by Crippen LogP contribution is 2.40. The van der Waals surface area contributed by atoms with Gasteiger partial charge in [-0.25, -0.2) is 0 Å². The second-order valence-electron chi connectivity index (χ2n) is 5.60. The van der Waals surface area contributed by atoms with Crippen LogP contribution in [-0.4, -0.2) is 18.9 Å². The lowest BCUT2D eigenvalue weighted by atomic mass is 9.91. The summed E-state index contributed by atoms with van der Waals surface area (Å²) >= 11 is 0. The Kier molecular flexibility index (Phi) is 3.25. The van der Waals surface area contributed by atoms with E-state index in [0.717, 1.165) is 24.4 Å². The van der Waals surface area contributed by atoms with Crippen LogP contribution in [0.25, 0.3) is 0 Å². The molecule has 2 atom stereocenters. The quantitative estimate of drug-likeness (QED) is 0.761. The number of hydrogen-bond acceptors (Lipinski definition) is 3. The summed E-state index contributed by atoms with van der Waals surface area (Å²) in [5.41, 5.74) is 2.24. The maximum atomic E-state index is 10.8. The molecule has 0 bridgehead atoms. The third-order valence-electron chi connectivity index (χ3n) is 4.58. The van der Waals surface area contributed by atoms with E-state index in [2.05, 4.69) is 11.0 Å². The molecule has 0 radical (unpaired) electrons. The van der Waals surface area contributed by atoms with Crippen LogP contribution in [0.5, 0.6) is 0 Å². The van der Waals surface area contributed by atoms with E-state index in [0.29, 0.717) is 17.2 Å². The fourth-order valence-corrected chi connectivity index (χ4v) is 3.72. The molecule has 1 saturated carbocycles. The van der Waals surface area contributed by atoms with Crippen LogP contribution < -0.4 is 4.90 Å². The molecule has 1 aromatic rings. The number of carbonyl (C=O) groups is 1. The minimum atomic E-state index is 0.584. The van der Waals surface area contributed by atoms with Gasteiger partial charge in [0.2, 0.25) is 0 Å². The highest BCUT2D eigenvalue weighted by molar-refractivity contribution is 5.78. The fourth-order valence-electron chi connectivity index (χ4n) is 3.72. The molecule has 0 aromatic heterocycles. The molecule has 2 aliphatic rings. The summed E-state index contributed by atoms with van der Waals surface area (Å²) in [5.74, 6) is 0.797. The van der Waals surface area contributed by atoms with E-state index in [1.54, 1.807) is 6.07 Å². The van der Waals surface area contributed by atoms with E-state index in [1.165, 1.54) is 32.1 Å². The van der Waals surface area contributed by atoms with Crippen molar-refractivity contribution in [3.8, 4) is 6.07 Å². The van der Waals surface area contributed by atoms with Gasteiger partial charge in [0.1, 0.15) is 12.4 Å². The van der Waals surface area contributed by atoms with E-state index in [1.807, 2.05) is 12.1 Å². The van der Waals surface area contributed by atoms with Gasteiger partial charge in [-0.2, -0.15) is 5.26 Å². The summed E-state index contributed by atoms with van der Waals surface area (Å²) in [6.45, 7) is 1.04. The van der Waals surface area contributed by atoms with E-state index in [4.69, 9.17) is 0 Å². The fraction of sp³-hybridized carbons (Fsp3) is 0.500. The largest absolute Gasteiger partial charge is 0.367 e. The van der Waals surface area contributed by atoms with Crippen molar-refractivity contribution in [2.45, 2.75) is 38.1 Å². The van der Waals surface area contributed by atoms with Gasteiger partial charge in [-0.05, 0) is 49.8 Å². The SMILES string of the molecule is N#Cc1cc(C=O)ccc1N1CCCC2CCCC21. The number of nitriles is 1. The van der Waals surface area contributed by atoms with Crippen molar-refractivity contribution >= 4 is 12.0 Å². The third-order valence-corrected chi connectivity index (χ3v) is 4.58. The van der Waals surface area contributed by atoms with Gasteiger partial charge in [0.15, 0.2) is 0 Å². The Morgan fingerprint density at radius 3 is 2.89 bits per heavy atom. The molecule has 1 heterocycles. The summed E-state index contributed by atoms with van der Waals surface area (Å²) < 4.78 is 0. The van der Waals surface area contributed by atoms with Crippen molar-refractivity contribution in [1.82, 2.24) is 0 Å². The minimum Gasteiger partial charge on any atom is -0.367 e. The van der Waals surface area contributed by atoms with Crippen molar-refractivity contribution in [2.75, 3.05) is 11.4 Å². The lowest BCUT2D eigenvalue weighted by molar-refractivity contribution is 0.112. The van der Waals surface area contributed by atoms with Gasteiger partial charge in [0.25, 0.3) is 0 Å². The van der Waals surface area contributed by atoms with Crippen molar-refractivity contribution in [2.24, 2.45) is 5.92 Å². The maximum absolute atomic E-state index is 10.8. The lowest BCUT2D eigenvalue weighted by Gasteiger charge is -2.40. The van der Waals surface area contributed by atoms with Gasteiger partial charge in [-0.1, -0.05) is 6.42 Å². The van der Waals surface area contributed by atoms with Crippen molar-refractivity contribution in [3.05, 3.63) is 29.3 Å². The second kappa shape index (κ2) is 5.05. The predicted octanol–water partition coefficient (Wildman–Crippen LogP) is 3.14. The summed E-state index contributed by atoms with van der Waals surface area (Å²) in [6.07, 6.45) is 7.22. The molecule has 1 saturated heterocycles. The minimum absolute atomic E-state index is 0.584. The number of rotatable bonds is 2. The van der Waals surface area contributed by atoms with Crippen LogP contribution in [-0.2, 0) is 0 Å². The number of nitrogens with zero attached hydrogens (tertiary/aromatic N) is 2. The second-order valence-corrected chi connectivity index (χ2v) is 5.60. The standard InChI is InChI=1S/C16H18N2O/c17-10-14-9-12(11-19)6-7-16(14)18-8-2-4-13-3-1-5-15(13)18/h6-7,9,11,13,15H,1-5,8H2. The molecule has 3 nitrogen and oxygen atoms in total. The average molecular weight is 254 g/mol. The van der Waals surface area contributed by atoms with E-state index < -0.39 is 0 Å². The zero-order valence-corrected chi connectivity index (χ0v) is 11.0. The van der Waals surface area contributed by atoms with Crippen LogP contribution in [0.2, 0.25) is 0 Å². The van der Waals surface area contributed by atoms with Crippen LogP contribution in [0.3, 0.4) is 0 Å². The third kappa shape index (κ3) is 2.12. The first kappa shape index (κ1) is 12.2. The van der Waals surface area contributed by atoms with Crippen LogP contribution in [0.15, 0.2) is 18.2 Å². The van der Waals surface area contributed by atoms with Crippen LogP contribution >= 0.6 is 0 Å². The van der Waals surface area contributed by atoms with E-state index in [-0.39, 0.29) is 0 Å². The number of hydrogen-bond donors (Lipinski definition) is 0. The molecule has 1 aliphatic carbocycles. The van der Waals surface area contributed by atoms with Gasteiger partial charge >= 0.3 is 0 Å². The number of carbonyl (C=O) groups excluding carboxylic acids is 1. The summed E-state index contributed by atoms with van der Waals surface area (Å²) in [4.78, 5) is 13.2. The summed E-state index contributed by atoms with van der Waals surface area (Å²) in [7, 11) is 0. The molecule has 1 aromatic carbocycles. The monoisotopic (exact) mass is 254 g/mol. The highest BCUT2D eigenvalue weighted by Gasteiger charge is 2.35. The average Bonchev–Trinajstić information content (AvgIpc) is 2.95. The number of piperidine rings is 1. The normalized spacial score (nSPS) is 25.7. The molecular weight excluding hydrogens is 236 g/mol. The van der Waals surface area contributed by atoms with Crippen molar-refractivity contribution < 1.29 is 4.79 Å². The molecular formula is C16H18N2O. The van der Waals surface area contributed by atoms with E-state index in [9.17, 15) is 10.1 Å². The predicted molar refractivity (Wildman–Crippen MR) is 74.3 cm³/mol. The molecule has 2 unspecified atom stereocenters. The molecule has 2 fully saturated rings. The van der Waals surface area contributed by atoms with E-state index >= 15 is 0 Å². The number of anilines is 1. The topological polar surface area (TPSA) is 44.1 Å². The van der Waals surface area contributed by atoms with Crippen LogP contribution in [0, 0.1) is 17.2 Å². The Morgan fingerprint density at radius 1 is 1.26 bits per heavy atom. The number of fused-ring (bicyclic) bond motifs is 1. The van der Waals surface area contributed by atoms with Crippen molar-refractivity contribution in [3.63, 3.8) is 0 Å². The molecule has 98 valence electrons. The molecule has 0 spiro atoms. The highest BCUT2D eigenvalue weighted by atomic mass is 16.1. The molecule has 0 amide bonds. The van der Waals surface area contributed by atoms with Gasteiger partial charge < -0.3 is 4.90 Å². The van der Waals surface area contributed by atoms with Crippen molar-refractivity contribution in [1.29, 1.82) is 5.26 Å². The van der Waals surface area contributed by atoms with Crippen LogP contribution in [0.1, 0.15) is 48.0 Å². The maximum Gasteiger partial charge on any atom is 0.150 e. The zero-order valence-electron chi connectivity index (χ0n) is 11.0. The molecule has 1 aliphatic heterocycles. The van der Waals surface area contributed by atoms with Gasteiger partial charge in [0.05, 0.1) is 11.3 Å². The first-order chi connectivity index (χ1) is 9.33. The summed E-state index contributed by atoms with van der Waals surface area (Å²) in [5, 5.41) is 9.32. The number of benzene rings is 1. The molecule has 0 N–H and O–H groups in total. The lowest BCUT2D eigenvalue weighted by Crippen LogP contribution is -2.43. The Bertz CT molecular complexity index is 532. The number of aldehydes is 1. The van der Waals surface area contributed by atoms with Gasteiger partial charge in [-0.3, -0.25) is 4.79 Å². The Balaban J connectivity index is 1.97. The molecule has 19 heavy (non-hydrogen) atoms. The Hall–Kier alpha value is -1.82.